The van der Waals surface area contributed by atoms with Gasteiger partial charge in [-0.3, -0.25) is 9.36 Å². The van der Waals surface area contributed by atoms with Gasteiger partial charge in [0.2, 0.25) is 0 Å². The molecule has 3 aromatic rings. The molecular weight excluding hydrogens is 363 g/mol. The highest BCUT2D eigenvalue weighted by Crippen LogP contribution is 2.35. The topological polar surface area (TPSA) is 34.9 Å². The van der Waals surface area contributed by atoms with Gasteiger partial charge in [-0.2, -0.15) is 0 Å². The monoisotopic (exact) mass is 378 g/mol. The average Bonchev–Trinajstić information content (AvgIpc) is 2.91. The molecule has 0 aliphatic heterocycles. The largest absolute Gasteiger partial charge is 0.294 e. The minimum Gasteiger partial charge on any atom is -0.294 e. The predicted octanol–water partition coefficient (Wildman–Crippen LogP) is 4.94. The Kier molecular flexibility index (Phi) is 4.15. The van der Waals surface area contributed by atoms with Crippen LogP contribution in [-0.4, -0.2) is 9.55 Å². The van der Waals surface area contributed by atoms with E-state index >= 15 is 0 Å². The molecule has 6 heteroatoms. The van der Waals surface area contributed by atoms with E-state index < -0.39 is 0 Å². The molecule has 2 heterocycles. The van der Waals surface area contributed by atoms with Gasteiger partial charge in [0, 0.05) is 20.5 Å². The zero-order chi connectivity index (χ0) is 16.8. The van der Waals surface area contributed by atoms with Crippen molar-refractivity contribution in [3.8, 4) is 0 Å². The maximum atomic E-state index is 13.0. The van der Waals surface area contributed by atoms with E-state index in [1.54, 1.807) is 40.4 Å². The number of thiophene rings is 1. The molecule has 0 saturated heterocycles. The number of benzene rings is 1. The Morgan fingerprint density at radius 2 is 2.08 bits per heavy atom. The second-order valence-corrected chi connectivity index (χ2v) is 8.31. The molecule has 0 unspecified atom stereocenters. The molecular formula is C18H16Cl2N2OS. The van der Waals surface area contributed by atoms with Crippen LogP contribution in [0.1, 0.15) is 29.3 Å². The lowest BCUT2D eigenvalue weighted by Gasteiger charge is -2.17. The number of aryl methyl sites for hydroxylation is 1. The van der Waals surface area contributed by atoms with Crippen LogP contribution in [0.25, 0.3) is 10.2 Å². The van der Waals surface area contributed by atoms with Crippen molar-refractivity contribution in [1.29, 1.82) is 0 Å². The summed E-state index contributed by atoms with van der Waals surface area (Å²) in [5.41, 5.74) is 1.95. The third kappa shape index (κ3) is 2.67. The van der Waals surface area contributed by atoms with Crippen LogP contribution in [0.5, 0.6) is 0 Å². The van der Waals surface area contributed by atoms with E-state index in [9.17, 15) is 4.79 Å². The molecule has 1 aliphatic carbocycles. The maximum Gasteiger partial charge on any atom is 0.262 e. The van der Waals surface area contributed by atoms with Crippen molar-refractivity contribution in [3.05, 3.63) is 60.9 Å². The van der Waals surface area contributed by atoms with Crippen LogP contribution in [0, 0.1) is 5.92 Å². The van der Waals surface area contributed by atoms with Crippen molar-refractivity contribution in [1.82, 2.24) is 9.55 Å². The summed E-state index contributed by atoms with van der Waals surface area (Å²) in [6, 6.07) is 5.37. The van der Waals surface area contributed by atoms with Crippen LogP contribution in [0.3, 0.4) is 0 Å². The van der Waals surface area contributed by atoms with Crippen molar-refractivity contribution >= 4 is 44.8 Å². The lowest BCUT2D eigenvalue weighted by Crippen LogP contribution is -2.22. The molecule has 0 radical (unpaired) electrons. The first kappa shape index (κ1) is 16.1. The van der Waals surface area contributed by atoms with Crippen LogP contribution in [0.15, 0.2) is 29.3 Å². The Labute approximate surface area is 153 Å². The normalized spacial score (nSPS) is 17.2. The molecule has 124 valence electrons. The highest BCUT2D eigenvalue weighted by molar-refractivity contribution is 7.18. The zero-order valence-electron chi connectivity index (χ0n) is 13.2. The summed E-state index contributed by atoms with van der Waals surface area (Å²) in [6.45, 7) is 2.60. The van der Waals surface area contributed by atoms with Crippen molar-refractivity contribution < 1.29 is 0 Å². The van der Waals surface area contributed by atoms with Gasteiger partial charge >= 0.3 is 0 Å². The number of fused-ring (bicyclic) bond motifs is 3. The summed E-state index contributed by atoms with van der Waals surface area (Å²) in [7, 11) is 0. The van der Waals surface area contributed by atoms with Crippen LogP contribution in [0.4, 0.5) is 0 Å². The third-order valence-corrected chi connectivity index (χ3v) is 6.54. The molecule has 0 spiro atoms. The van der Waals surface area contributed by atoms with Gasteiger partial charge in [-0.1, -0.05) is 36.2 Å². The molecule has 0 fully saturated rings. The summed E-state index contributed by atoms with van der Waals surface area (Å²) >= 11 is 14.1. The van der Waals surface area contributed by atoms with Crippen LogP contribution >= 0.6 is 34.5 Å². The Hall–Kier alpha value is -1.36. The van der Waals surface area contributed by atoms with Crippen molar-refractivity contribution in [2.75, 3.05) is 0 Å². The second-order valence-electron chi connectivity index (χ2n) is 6.41. The van der Waals surface area contributed by atoms with Gasteiger partial charge in [-0.05, 0) is 42.9 Å². The minimum atomic E-state index is 0.00281. The Bertz CT molecular complexity index is 972. The number of hydrogen-bond acceptors (Lipinski definition) is 3. The molecule has 1 aliphatic rings. The van der Waals surface area contributed by atoms with E-state index in [-0.39, 0.29) is 5.56 Å². The van der Waals surface area contributed by atoms with Crippen LogP contribution < -0.4 is 5.56 Å². The van der Waals surface area contributed by atoms with Crippen molar-refractivity contribution in [3.63, 3.8) is 0 Å². The molecule has 0 saturated carbocycles. The smallest absolute Gasteiger partial charge is 0.262 e. The molecule has 0 amide bonds. The first-order valence-electron chi connectivity index (χ1n) is 7.97. The van der Waals surface area contributed by atoms with E-state index in [0.29, 0.717) is 22.5 Å². The summed E-state index contributed by atoms with van der Waals surface area (Å²) in [4.78, 5) is 19.7. The lowest BCUT2D eigenvalue weighted by atomic mass is 9.89. The van der Waals surface area contributed by atoms with Gasteiger partial charge < -0.3 is 0 Å². The number of halogens is 2. The molecule has 2 aromatic heterocycles. The Morgan fingerprint density at radius 3 is 2.83 bits per heavy atom. The summed E-state index contributed by atoms with van der Waals surface area (Å²) in [5, 5.41) is 1.92. The quantitative estimate of drug-likeness (QED) is 0.632. The zero-order valence-corrected chi connectivity index (χ0v) is 15.5. The maximum absolute atomic E-state index is 13.0. The average molecular weight is 379 g/mol. The summed E-state index contributed by atoms with van der Waals surface area (Å²) in [5.74, 6) is 0.676. The standard InChI is InChI=1S/C18H16Cl2N2OS/c1-10-5-6-11-15(7-10)24-17-16(11)18(23)22(9-21-17)8-12-13(19)3-2-4-14(12)20/h2-4,9-10H,5-8H2,1H3/t10-/m1/s1. The van der Waals surface area contributed by atoms with Gasteiger partial charge in [0.25, 0.3) is 5.56 Å². The fourth-order valence-corrected chi connectivity index (χ4v) is 5.19. The fraction of sp³-hybridized carbons (Fsp3) is 0.333. The Morgan fingerprint density at radius 1 is 1.33 bits per heavy atom. The number of aromatic nitrogens is 2. The number of nitrogens with zero attached hydrogens (tertiary/aromatic N) is 2. The Balaban J connectivity index is 1.83. The minimum absolute atomic E-state index is 0.00281. The third-order valence-electron chi connectivity index (χ3n) is 4.67. The van der Waals surface area contributed by atoms with E-state index in [0.717, 1.165) is 35.0 Å². The van der Waals surface area contributed by atoms with Gasteiger partial charge in [0.05, 0.1) is 18.3 Å². The van der Waals surface area contributed by atoms with Gasteiger partial charge in [-0.25, -0.2) is 4.98 Å². The van der Waals surface area contributed by atoms with E-state index in [4.69, 9.17) is 23.2 Å². The van der Waals surface area contributed by atoms with Crippen LogP contribution in [-0.2, 0) is 19.4 Å². The molecule has 24 heavy (non-hydrogen) atoms. The molecule has 0 N–H and O–H groups in total. The van der Waals surface area contributed by atoms with E-state index in [2.05, 4.69) is 11.9 Å². The highest BCUT2D eigenvalue weighted by Gasteiger charge is 2.23. The van der Waals surface area contributed by atoms with Gasteiger partial charge in [-0.15, -0.1) is 11.3 Å². The summed E-state index contributed by atoms with van der Waals surface area (Å²) in [6.07, 6.45) is 4.75. The van der Waals surface area contributed by atoms with E-state index in [1.165, 1.54) is 10.4 Å². The molecule has 1 aromatic carbocycles. The molecule has 3 nitrogen and oxygen atoms in total. The second kappa shape index (κ2) is 6.17. The SMILES string of the molecule is C[C@@H]1CCc2c(sc3ncn(Cc4c(Cl)cccc4Cl)c(=O)c23)C1. The summed E-state index contributed by atoms with van der Waals surface area (Å²) < 4.78 is 1.61. The number of hydrogen-bond donors (Lipinski definition) is 0. The van der Waals surface area contributed by atoms with Crippen molar-refractivity contribution in [2.24, 2.45) is 5.92 Å². The lowest BCUT2D eigenvalue weighted by molar-refractivity contribution is 0.509. The first-order chi connectivity index (χ1) is 11.5. The van der Waals surface area contributed by atoms with Crippen molar-refractivity contribution in [2.45, 2.75) is 32.7 Å². The molecule has 4 rings (SSSR count). The van der Waals surface area contributed by atoms with Gasteiger partial charge in [0.15, 0.2) is 0 Å². The van der Waals surface area contributed by atoms with Gasteiger partial charge in [0.1, 0.15) is 4.83 Å². The van der Waals surface area contributed by atoms with Crippen LogP contribution in [0.2, 0.25) is 10.0 Å². The predicted molar refractivity (Wildman–Crippen MR) is 101 cm³/mol. The molecule has 0 bridgehead atoms. The first-order valence-corrected chi connectivity index (χ1v) is 9.54. The van der Waals surface area contributed by atoms with E-state index in [1.807, 2.05) is 0 Å². The molecule has 1 atom stereocenters. The highest BCUT2D eigenvalue weighted by atomic mass is 35.5. The fourth-order valence-electron chi connectivity index (χ4n) is 3.33. The number of rotatable bonds is 2.